The molecule has 5 nitrogen and oxygen atoms in total. The third-order valence-corrected chi connectivity index (χ3v) is 5.41. The standard InChI is InChI=1S/C16H31N3O2S.HI/c1-3-15-10-19(7-8-22-15)16(17-4-2)18-9-14(20)12-21-11-13-5-6-13;/h13-15,20H,3-12H2,1-2H3,(H,17,18);1H. The average Bonchev–Trinajstić information content (AvgIpc) is 3.35. The van der Waals surface area contributed by atoms with Gasteiger partial charge in [-0.2, -0.15) is 11.8 Å². The summed E-state index contributed by atoms with van der Waals surface area (Å²) in [6.45, 7) is 8.85. The largest absolute Gasteiger partial charge is 0.389 e. The second kappa shape index (κ2) is 11.8. The fourth-order valence-corrected chi connectivity index (χ4v) is 3.66. The van der Waals surface area contributed by atoms with Gasteiger partial charge in [-0.25, -0.2) is 0 Å². The van der Waals surface area contributed by atoms with Crippen molar-refractivity contribution in [2.24, 2.45) is 10.9 Å². The summed E-state index contributed by atoms with van der Waals surface area (Å²) in [5, 5.41) is 14.0. The van der Waals surface area contributed by atoms with Crippen molar-refractivity contribution in [1.29, 1.82) is 0 Å². The first kappa shape index (κ1) is 21.3. The van der Waals surface area contributed by atoms with Crippen LogP contribution in [0.25, 0.3) is 0 Å². The number of nitrogens with zero attached hydrogens (tertiary/aromatic N) is 2. The Morgan fingerprint density at radius 1 is 1.43 bits per heavy atom. The molecule has 0 bridgehead atoms. The number of hydrogen-bond acceptors (Lipinski definition) is 4. The van der Waals surface area contributed by atoms with Gasteiger partial charge in [0.05, 0.1) is 19.3 Å². The summed E-state index contributed by atoms with van der Waals surface area (Å²) in [4.78, 5) is 6.94. The van der Waals surface area contributed by atoms with Crippen LogP contribution in [0.5, 0.6) is 0 Å². The number of rotatable bonds is 8. The zero-order valence-electron chi connectivity index (χ0n) is 14.4. The molecule has 1 heterocycles. The lowest BCUT2D eigenvalue weighted by Gasteiger charge is -2.34. The van der Waals surface area contributed by atoms with Crippen molar-refractivity contribution in [3.63, 3.8) is 0 Å². The van der Waals surface area contributed by atoms with E-state index in [1.165, 1.54) is 19.3 Å². The van der Waals surface area contributed by atoms with Gasteiger partial charge in [0, 0.05) is 37.2 Å². The van der Waals surface area contributed by atoms with E-state index in [1.54, 1.807) is 0 Å². The van der Waals surface area contributed by atoms with E-state index in [4.69, 9.17) is 4.74 Å². The van der Waals surface area contributed by atoms with Crippen LogP contribution in [0.3, 0.4) is 0 Å². The molecule has 136 valence electrons. The molecule has 2 atom stereocenters. The van der Waals surface area contributed by atoms with Crippen molar-refractivity contribution in [3.8, 4) is 0 Å². The molecule has 0 aromatic heterocycles. The SMILES string of the molecule is CCNC(=NCC(O)COCC1CC1)N1CCSC(CC)C1.I. The zero-order chi connectivity index (χ0) is 15.8. The van der Waals surface area contributed by atoms with E-state index in [0.717, 1.165) is 43.9 Å². The molecule has 0 aromatic rings. The predicted octanol–water partition coefficient (Wildman–Crippen LogP) is 2.18. The quantitative estimate of drug-likeness (QED) is 0.333. The van der Waals surface area contributed by atoms with E-state index in [-0.39, 0.29) is 24.0 Å². The van der Waals surface area contributed by atoms with E-state index >= 15 is 0 Å². The Labute approximate surface area is 162 Å². The second-order valence-electron chi connectivity index (χ2n) is 6.18. The zero-order valence-corrected chi connectivity index (χ0v) is 17.5. The average molecular weight is 457 g/mol. The van der Waals surface area contributed by atoms with Crippen LogP contribution in [-0.4, -0.2) is 72.5 Å². The topological polar surface area (TPSA) is 57.1 Å². The minimum atomic E-state index is -0.506. The van der Waals surface area contributed by atoms with Crippen LogP contribution in [0.4, 0.5) is 0 Å². The Morgan fingerprint density at radius 2 is 2.22 bits per heavy atom. The van der Waals surface area contributed by atoms with E-state index < -0.39 is 6.10 Å². The highest BCUT2D eigenvalue weighted by atomic mass is 127. The van der Waals surface area contributed by atoms with Gasteiger partial charge in [-0.15, -0.1) is 24.0 Å². The summed E-state index contributed by atoms with van der Waals surface area (Å²) in [6.07, 6.45) is 3.25. The molecule has 2 unspecified atom stereocenters. The molecule has 2 rings (SSSR count). The molecular weight excluding hydrogens is 425 g/mol. The fraction of sp³-hybridized carbons (Fsp3) is 0.938. The minimum Gasteiger partial charge on any atom is -0.389 e. The number of aliphatic hydroxyl groups excluding tert-OH is 1. The number of thioether (sulfide) groups is 1. The van der Waals surface area contributed by atoms with Gasteiger partial charge < -0.3 is 20.1 Å². The van der Waals surface area contributed by atoms with Gasteiger partial charge in [0.25, 0.3) is 0 Å². The van der Waals surface area contributed by atoms with Crippen LogP contribution in [0, 0.1) is 5.92 Å². The van der Waals surface area contributed by atoms with Crippen LogP contribution < -0.4 is 5.32 Å². The van der Waals surface area contributed by atoms with Crippen molar-refractivity contribution in [2.45, 2.75) is 44.5 Å². The molecule has 2 fully saturated rings. The molecule has 1 saturated heterocycles. The molecule has 0 spiro atoms. The molecule has 2 N–H and O–H groups in total. The lowest BCUT2D eigenvalue weighted by molar-refractivity contribution is 0.0367. The normalized spacial score (nSPS) is 23.3. The van der Waals surface area contributed by atoms with Crippen LogP contribution in [0.15, 0.2) is 4.99 Å². The van der Waals surface area contributed by atoms with Gasteiger partial charge in [0.15, 0.2) is 5.96 Å². The molecule has 7 heteroatoms. The maximum Gasteiger partial charge on any atom is 0.194 e. The molecule has 0 aromatic carbocycles. The maximum absolute atomic E-state index is 10.0. The lowest BCUT2D eigenvalue weighted by Crippen LogP contribution is -2.48. The third kappa shape index (κ3) is 8.27. The highest BCUT2D eigenvalue weighted by Gasteiger charge is 2.23. The smallest absolute Gasteiger partial charge is 0.194 e. The molecule has 23 heavy (non-hydrogen) atoms. The highest BCUT2D eigenvalue weighted by Crippen LogP contribution is 2.28. The van der Waals surface area contributed by atoms with Gasteiger partial charge in [0.2, 0.25) is 0 Å². The number of halogens is 1. The van der Waals surface area contributed by atoms with Gasteiger partial charge in [-0.05, 0) is 32.1 Å². The summed E-state index contributed by atoms with van der Waals surface area (Å²) in [5.74, 6) is 2.82. The van der Waals surface area contributed by atoms with Crippen molar-refractivity contribution in [3.05, 3.63) is 0 Å². The van der Waals surface area contributed by atoms with Crippen LogP contribution in [-0.2, 0) is 4.74 Å². The summed E-state index contributed by atoms with van der Waals surface area (Å²) in [5.41, 5.74) is 0. The first-order valence-electron chi connectivity index (χ1n) is 8.63. The molecule has 1 aliphatic carbocycles. The van der Waals surface area contributed by atoms with Crippen molar-refractivity contribution in [2.75, 3.05) is 45.1 Å². The number of aliphatic hydroxyl groups is 1. The number of guanidine groups is 1. The van der Waals surface area contributed by atoms with E-state index in [1.807, 2.05) is 0 Å². The second-order valence-corrected chi connectivity index (χ2v) is 7.58. The number of ether oxygens (including phenoxy) is 1. The number of hydrogen-bond donors (Lipinski definition) is 2. The molecule has 0 radical (unpaired) electrons. The van der Waals surface area contributed by atoms with Crippen molar-refractivity contribution < 1.29 is 9.84 Å². The number of nitrogens with one attached hydrogen (secondary N) is 1. The van der Waals surface area contributed by atoms with Crippen LogP contribution >= 0.6 is 35.7 Å². The molecule has 1 aliphatic heterocycles. The highest BCUT2D eigenvalue weighted by molar-refractivity contribution is 14.0. The van der Waals surface area contributed by atoms with E-state index in [0.29, 0.717) is 18.4 Å². The molecular formula is C16H32IN3O2S. The van der Waals surface area contributed by atoms with Gasteiger partial charge >= 0.3 is 0 Å². The Morgan fingerprint density at radius 3 is 2.87 bits per heavy atom. The van der Waals surface area contributed by atoms with Crippen molar-refractivity contribution >= 4 is 41.7 Å². The first-order chi connectivity index (χ1) is 10.7. The molecule has 1 saturated carbocycles. The molecule has 0 amide bonds. The third-order valence-electron chi connectivity index (χ3n) is 4.04. The fourth-order valence-electron chi connectivity index (χ4n) is 2.48. The van der Waals surface area contributed by atoms with Crippen LogP contribution in [0.2, 0.25) is 0 Å². The van der Waals surface area contributed by atoms with Gasteiger partial charge in [0.1, 0.15) is 0 Å². The van der Waals surface area contributed by atoms with Crippen LogP contribution in [0.1, 0.15) is 33.1 Å². The van der Waals surface area contributed by atoms with E-state index in [9.17, 15) is 5.11 Å². The predicted molar refractivity (Wildman–Crippen MR) is 109 cm³/mol. The minimum absolute atomic E-state index is 0. The summed E-state index contributed by atoms with van der Waals surface area (Å²) in [6, 6.07) is 0. The lowest BCUT2D eigenvalue weighted by atomic mass is 10.3. The molecule has 2 aliphatic rings. The Kier molecular flexibility index (Phi) is 10.9. The summed E-state index contributed by atoms with van der Waals surface area (Å²) in [7, 11) is 0. The monoisotopic (exact) mass is 457 g/mol. The Bertz CT molecular complexity index is 356. The van der Waals surface area contributed by atoms with E-state index in [2.05, 4.69) is 40.8 Å². The van der Waals surface area contributed by atoms with Gasteiger partial charge in [-0.3, -0.25) is 4.99 Å². The Balaban J connectivity index is 0.00000264. The van der Waals surface area contributed by atoms with Crippen molar-refractivity contribution in [1.82, 2.24) is 10.2 Å². The Hall–Kier alpha value is 0.270. The summed E-state index contributed by atoms with van der Waals surface area (Å²) >= 11 is 2.05. The summed E-state index contributed by atoms with van der Waals surface area (Å²) < 4.78 is 5.53. The maximum atomic E-state index is 10.0. The van der Waals surface area contributed by atoms with Gasteiger partial charge in [-0.1, -0.05) is 6.92 Å². The number of aliphatic imine (C=N–C) groups is 1. The first-order valence-corrected chi connectivity index (χ1v) is 9.68.